The summed E-state index contributed by atoms with van der Waals surface area (Å²) in [6.07, 6.45) is 18.2. The van der Waals surface area contributed by atoms with Crippen LogP contribution in [0.2, 0.25) is 0 Å². The first-order valence-corrected chi connectivity index (χ1v) is 34.2. The summed E-state index contributed by atoms with van der Waals surface area (Å²) in [6.45, 7) is 4.87. The molecule has 5 N–H and O–H groups in total. The molecule has 10 aliphatic heterocycles. The van der Waals surface area contributed by atoms with Gasteiger partial charge < -0.3 is 72.1 Å². The molecule has 5 saturated heterocycles. The number of imidazole rings is 5. The van der Waals surface area contributed by atoms with Crippen molar-refractivity contribution in [2.24, 2.45) is 29.6 Å². The van der Waals surface area contributed by atoms with Crippen LogP contribution < -0.4 is 0 Å². The molecule has 100 heavy (non-hydrogen) atoms. The molecular weight excluding hydrogens is 1300 g/mol. The lowest BCUT2D eigenvalue weighted by molar-refractivity contribution is -0.0540. The third-order valence-corrected chi connectivity index (χ3v) is 21.9. The summed E-state index contributed by atoms with van der Waals surface area (Å²) < 4.78 is 107. The number of fused-ring (bicyclic) bond motifs is 15. The molecule has 0 saturated carbocycles. The van der Waals surface area contributed by atoms with Gasteiger partial charge in [0.15, 0.2) is 0 Å². The molecule has 0 amide bonds. The van der Waals surface area contributed by atoms with Gasteiger partial charge >= 0.3 is 0 Å². The van der Waals surface area contributed by atoms with Gasteiger partial charge in [0.1, 0.15) is 29.1 Å². The van der Waals surface area contributed by atoms with Crippen molar-refractivity contribution in [3.8, 4) is 56.3 Å². The van der Waals surface area contributed by atoms with Crippen LogP contribution in [0.5, 0.6) is 0 Å². The molecule has 3 unspecified atom stereocenters. The zero-order chi connectivity index (χ0) is 68.4. The van der Waals surface area contributed by atoms with Crippen molar-refractivity contribution >= 4 is 0 Å². The van der Waals surface area contributed by atoms with Crippen molar-refractivity contribution in [2.45, 2.75) is 92.8 Å². The predicted octanol–water partition coefficient (Wildman–Crippen LogP) is 9.95. The highest BCUT2D eigenvalue weighted by atomic mass is 19.1. The van der Waals surface area contributed by atoms with E-state index in [0.29, 0.717) is 93.9 Å². The van der Waals surface area contributed by atoms with Crippen LogP contribution in [0.4, 0.5) is 22.0 Å². The third kappa shape index (κ3) is 11.5. The fourth-order valence-corrected chi connectivity index (χ4v) is 17.4. The monoisotopic (exact) mass is 1370 g/mol. The van der Waals surface area contributed by atoms with Crippen LogP contribution in [0.3, 0.4) is 0 Å². The molecule has 20 nitrogen and oxygen atoms in total. The highest BCUT2D eigenvalue weighted by Crippen LogP contribution is 2.52. The Balaban J connectivity index is 0.0000000972. The lowest BCUT2D eigenvalue weighted by Gasteiger charge is -2.33. The summed E-state index contributed by atoms with van der Waals surface area (Å²) in [5, 5.41) is 51.2. The Morgan fingerprint density at radius 2 is 0.460 bits per heavy atom. The summed E-state index contributed by atoms with van der Waals surface area (Å²) in [7, 11) is 0. The summed E-state index contributed by atoms with van der Waals surface area (Å²) in [6, 6.07) is 25.4. The standard InChI is InChI=1S/5C15H15FN2O2/c5*16-11-3-1-2-10-14(11)12-6-17-8-18(12)15(10)9-4-5-20-7-13(9)19/h5*1-3,6,8-9,13,15,19H,4-5,7H2/t2*9-,13-,15+;2*9-,13-,15-;/m1010./s1. The molecule has 15 atom stereocenters. The van der Waals surface area contributed by atoms with Crippen molar-refractivity contribution in [1.82, 2.24) is 47.8 Å². The van der Waals surface area contributed by atoms with E-state index in [0.717, 1.165) is 88.4 Å². The molecule has 0 aliphatic carbocycles. The lowest BCUT2D eigenvalue weighted by Crippen LogP contribution is -2.37. The number of halogens is 5. The fourth-order valence-electron chi connectivity index (χ4n) is 17.4. The van der Waals surface area contributed by atoms with E-state index in [-0.39, 0.29) is 88.9 Å². The van der Waals surface area contributed by atoms with Gasteiger partial charge in [0.05, 0.1) is 185 Å². The van der Waals surface area contributed by atoms with Gasteiger partial charge in [-0.15, -0.1) is 0 Å². The summed E-state index contributed by atoms with van der Waals surface area (Å²) >= 11 is 0. The van der Waals surface area contributed by atoms with E-state index in [1.807, 2.05) is 53.2 Å². The molecule has 5 fully saturated rings. The van der Waals surface area contributed by atoms with Crippen LogP contribution in [-0.2, 0) is 23.7 Å². The summed E-state index contributed by atoms with van der Waals surface area (Å²) in [4.78, 5) is 20.7. The number of benzene rings is 5. The van der Waals surface area contributed by atoms with Crippen LogP contribution in [-0.4, -0.2) is 170 Å². The Labute approximate surface area is 571 Å². The summed E-state index contributed by atoms with van der Waals surface area (Å²) in [5.74, 6) is -1.00. The second kappa shape index (κ2) is 27.7. The molecule has 5 aromatic carbocycles. The highest BCUT2D eigenvalue weighted by Gasteiger charge is 2.46. The summed E-state index contributed by atoms with van der Waals surface area (Å²) in [5.41, 5.74) is 11.8. The van der Waals surface area contributed by atoms with Crippen molar-refractivity contribution < 1.29 is 71.2 Å². The van der Waals surface area contributed by atoms with E-state index in [2.05, 4.69) is 24.9 Å². The van der Waals surface area contributed by atoms with Crippen molar-refractivity contribution in [1.29, 1.82) is 0 Å². The van der Waals surface area contributed by atoms with Crippen molar-refractivity contribution in [3.05, 3.63) is 211 Å². The van der Waals surface area contributed by atoms with Crippen LogP contribution in [0.25, 0.3) is 56.3 Å². The second-order valence-corrected chi connectivity index (χ2v) is 27.1. The van der Waals surface area contributed by atoms with E-state index < -0.39 is 30.5 Å². The number of nitrogens with zero attached hydrogens (tertiary/aromatic N) is 10. The Morgan fingerprint density at radius 3 is 0.630 bits per heavy atom. The normalized spacial score (nSPS) is 28.2. The number of aliphatic hydroxyl groups is 5. The molecule has 10 aliphatic rings. The fraction of sp³-hybridized carbons (Fsp3) is 0.400. The first-order chi connectivity index (χ1) is 48.9. The van der Waals surface area contributed by atoms with Crippen molar-refractivity contribution in [3.63, 3.8) is 0 Å². The first kappa shape index (κ1) is 66.0. The maximum atomic E-state index is 14.2. The SMILES string of the molecule is OC1COCCC1C1c2cccc(F)c2-c2cncn21.O[C@@H]1COCC[C@H]1[C@@H]1c2cccc(F)c2-c2cncn21.O[C@@H]1COCC[C@H]1[C@H]1c2cccc(F)c2-c2cncn21.O[C@H]1COCC[C@@H]1[C@@H]1c2cccc(F)c2-c2cncn21.O[C@H]1COCC[C@@H]1[C@H]1c2cccc(F)c2-c2cncn21. The Kier molecular flexibility index (Phi) is 18.3. The maximum Gasteiger partial charge on any atom is 0.132 e. The third-order valence-electron chi connectivity index (χ3n) is 21.9. The molecule has 15 heterocycles. The van der Waals surface area contributed by atoms with Gasteiger partial charge in [-0.1, -0.05) is 60.7 Å². The van der Waals surface area contributed by atoms with Gasteiger partial charge in [-0.2, -0.15) is 0 Å². The minimum absolute atomic E-state index is 0.0275. The Hall–Kier alpha value is -8.60. The zero-order valence-electron chi connectivity index (χ0n) is 54.3. The minimum Gasteiger partial charge on any atom is -0.390 e. The van der Waals surface area contributed by atoms with Gasteiger partial charge in [0, 0.05) is 90.4 Å². The number of ether oxygens (including phenoxy) is 5. The number of hydrogen-bond donors (Lipinski definition) is 5. The average Bonchev–Trinajstić information content (AvgIpc) is 1.62. The van der Waals surface area contributed by atoms with Gasteiger partial charge in [-0.3, -0.25) is 0 Å². The van der Waals surface area contributed by atoms with Crippen molar-refractivity contribution in [2.75, 3.05) is 66.1 Å². The van der Waals surface area contributed by atoms with Crippen LogP contribution in [0.15, 0.2) is 154 Å². The van der Waals surface area contributed by atoms with E-state index in [4.69, 9.17) is 23.7 Å². The van der Waals surface area contributed by atoms with E-state index in [1.165, 1.54) is 30.3 Å². The second-order valence-electron chi connectivity index (χ2n) is 27.1. The number of hydrogen-bond acceptors (Lipinski definition) is 15. The minimum atomic E-state index is -0.529. The predicted molar refractivity (Wildman–Crippen MR) is 353 cm³/mol. The van der Waals surface area contributed by atoms with Crippen LogP contribution >= 0.6 is 0 Å². The van der Waals surface area contributed by atoms with E-state index >= 15 is 0 Å². The molecule has 0 spiro atoms. The molecular formula is C75H75F5N10O10. The highest BCUT2D eigenvalue weighted by molar-refractivity contribution is 5.74. The number of rotatable bonds is 5. The average molecular weight is 1370 g/mol. The number of aromatic nitrogens is 10. The largest absolute Gasteiger partial charge is 0.390 e. The quantitative estimate of drug-likeness (QED) is 0.101. The van der Waals surface area contributed by atoms with Gasteiger partial charge in [0.25, 0.3) is 0 Å². The van der Waals surface area contributed by atoms with E-state index in [9.17, 15) is 47.5 Å². The molecule has 20 rings (SSSR count). The van der Waals surface area contributed by atoms with Crippen LogP contribution in [0, 0.1) is 58.7 Å². The zero-order valence-corrected chi connectivity index (χ0v) is 54.3. The number of aliphatic hydroxyl groups excluding tert-OH is 5. The van der Waals surface area contributed by atoms with E-state index in [1.54, 1.807) is 93.0 Å². The molecule has 0 radical (unpaired) electrons. The maximum absolute atomic E-state index is 14.2. The molecule has 10 aromatic rings. The Bertz CT molecular complexity index is 3940. The van der Waals surface area contributed by atoms with Gasteiger partial charge in [0.2, 0.25) is 0 Å². The Morgan fingerprint density at radius 1 is 0.280 bits per heavy atom. The lowest BCUT2D eigenvalue weighted by atomic mass is 9.85. The smallest absolute Gasteiger partial charge is 0.132 e. The molecule has 520 valence electrons. The van der Waals surface area contributed by atoms with Crippen LogP contribution in [0.1, 0.15) is 90.1 Å². The topological polar surface area (TPSA) is 236 Å². The first-order valence-electron chi connectivity index (χ1n) is 34.2. The molecule has 0 bridgehead atoms. The van der Waals surface area contributed by atoms with Gasteiger partial charge in [-0.05, 0) is 90.3 Å². The molecule has 5 aromatic heterocycles. The molecule has 25 heteroatoms. The van der Waals surface area contributed by atoms with Gasteiger partial charge in [-0.25, -0.2) is 46.9 Å².